The molecule has 6 heteroatoms. The zero-order valence-electron chi connectivity index (χ0n) is 9.34. The summed E-state index contributed by atoms with van der Waals surface area (Å²) in [6.45, 7) is 0. The smallest absolute Gasteiger partial charge is 0.314 e. The Kier molecular flexibility index (Phi) is 3.19. The minimum atomic E-state index is -1.58. The Labute approximate surface area is 107 Å². The van der Waals surface area contributed by atoms with E-state index in [0.29, 0.717) is 18.9 Å². The van der Waals surface area contributed by atoms with E-state index in [1.54, 1.807) is 0 Å². The third-order valence-electron chi connectivity index (χ3n) is 3.49. The molecule has 0 unspecified atom stereocenters. The zero-order chi connectivity index (χ0) is 13.5. The van der Waals surface area contributed by atoms with Gasteiger partial charge in [0.2, 0.25) is 0 Å². The summed E-state index contributed by atoms with van der Waals surface area (Å²) in [5, 5.41) is 18.4. The first-order valence-corrected chi connectivity index (χ1v) is 5.88. The van der Waals surface area contributed by atoms with Crippen molar-refractivity contribution < 1.29 is 23.8 Å². The van der Waals surface area contributed by atoms with Gasteiger partial charge >= 0.3 is 5.97 Å². The Morgan fingerprint density at radius 2 is 1.89 bits per heavy atom. The number of hydrogen-bond donors (Lipinski definition) is 2. The quantitative estimate of drug-likeness (QED) is 0.816. The summed E-state index contributed by atoms with van der Waals surface area (Å²) in [5.41, 5.74) is -2.11. The number of aliphatic carboxylic acids is 1. The van der Waals surface area contributed by atoms with E-state index in [4.69, 9.17) is 11.6 Å². The van der Waals surface area contributed by atoms with Crippen LogP contribution in [0.15, 0.2) is 6.07 Å². The molecule has 0 heterocycles. The third kappa shape index (κ3) is 1.73. The highest BCUT2D eigenvalue weighted by Gasteiger charge is 2.47. The average Bonchev–Trinajstić information content (AvgIpc) is 2.77. The van der Waals surface area contributed by atoms with Gasteiger partial charge in [-0.25, -0.2) is 8.78 Å². The lowest BCUT2D eigenvalue weighted by atomic mass is 9.78. The van der Waals surface area contributed by atoms with Gasteiger partial charge in [0, 0.05) is 0 Å². The average molecular weight is 277 g/mol. The van der Waals surface area contributed by atoms with E-state index in [-0.39, 0.29) is 12.8 Å². The van der Waals surface area contributed by atoms with E-state index >= 15 is 0 Å². The van der Waals surface area contributed by atoms with Crippen LogP contribution in [-0.2, 0) is 10.2 Å². The molecule has 0 saturated heterocycles. The standard InChI is InChI=1S/C12H11ClF2O3/c13-6-5-7(14)10(16)8(9(6)15)12(11(17)18)3-1-2-4-12/h5,16H,1-4H2,(H,17,18). The maximum Gasteiger partial charge on any atom is 0.314 e. The molecule has 98 valence electrons. The van der Waals surface area contributed by atoms with E-state index in [9.17, 15) is 23.8 Å². The molecule has 1 aromatic carbocycles. The van der Waals surface area contributed by atoms with Crippen molar-refractivity contribution in [2.45, 2.75) is 31.1 Å². The number of hydrogen-bond acceptors (Lipinski definition) is 2. The fraction of sp³-hybridized carbons (Fsp3) is 0.417. The Balaban J connectivity index is 2.73. The van der Waals surface area contributed by atoms with Gasteiger partial charge in [-0.05, 0) is 18.9 Å². The van der Waals surface area contributed by atoms with Gasteiger partial charge in [-0.1, -0.05) is 24.4 Å². The van der Waals surface area contributed by atoms with Crippen LogP contribution in [0.2, 0.25) is 5.02 Å². The second-order valence-electron chi connectivity index (χ2n) is 4.47. The molecule has 18 heavy (non-hydrogen) atoms. The molecular formula is C12H11ClF2O3. The Morgan fingerprint density at radius 1 is 1.33 bits per heavy atom. The lowest BCUT2D eigenvalue weighted by molar-refractivity contribution is -0.143. The maximum atomic E-state index is 14.0. The molecular weight excluding hydrogens is 266 g/mol. The van der Waals surface area contributed by atoms with Crippen molar-refractivity contribution in [3.8, 4) is 5.75 Å². The first-order chi connectivity index (χ1) is 8.40. The molecule has 0 atom stereocenters. The third-order valence-corrected chi connectivity index (χ3v) is 3.77. The van der Waals surface area contributed by atoms with Crippen molar-refractivity contribution in [3.05, 3.63) is 28.3 Å². The highest BCUT2D eigenvalue weighted by molar-refractivity contribution is 6.30. The predicted octanol–water partition coefficient (Wildman–Crippen LogP) is 3.22. The molecule has 1 aliphatic rings. The van der Waals surface area contributed by atoms with E-state index in [0.717, 1.165) is 0 Å². The molecule has 0 radical (unpaired) electrons. The molecule has 0 aliphatic heterocycles. The summed E-state index contributed by atoms with van der Waals surface area (Å²) in [4.78, 5) is 11.4. The van der Waals surface area contributed by atoms with Gasteiger partial charge in [-0.3, -0.25) is 4.79 Å². The zero-order valence-corrected chi connectivity index (χ0v) is 10.1. The number of benzene rings is 1. The molecule has 1 aliphatic carbocycles. The van der Waals surface area contributed by atoms with E-state index in [2.05, 4.69) is 0 Å². The highest BCUT2D eigenvalue weighted by atomic mass is 35.5. The van der Waals surface area contributed by atoms with E-state index in [1.165, 1.54) is 0 Å². The molecule has 3 nitrogen and oxygen atoms in total. The Hall–Kier alpha value is -1.36. The van der Waals surface area contributed by atoms with Crippen molar-refractivity contribution in [2.24, 2.45) is 0 Å². The second kappa shape index (κ2) is 4.39. The van der Waals surface area contributed by atoms with Crippen LogP contribution in [0.25, 0.3) is 0 Å². The molecule has 1 saturated carbocycles. The number of carbonyl (C=O) groups is 1. The summed E-state index contributed by atoms with van der Waals surface area (Å²) in [7, 11) is 0. The van der Waals surface area contributed by atoms with Crippen molar-refractivity contribution >= 4 is 17.6 Å². The fourth-order valence-electron chi connectivity index (χ4n) is 2.57. The van der Waals surface area contributed by atoms with Gasteiger partial charge < -0.3 is 10.2 Å². The van der Waals surface area contributed by atoms with Gasteiger partial charge in [-0.15, -0.1) is 0 Å². The van der Waals surface area contributed by atoms with Crippen LogP contribution >= 0.6 is 11.6 Å². The van der Waals surface area contributed by atoms with Crippen LogP contribution in [0.5, 0.6) is 5.75 Å². The normalized spacial score (nSPS) is 17.9. The van der Waals surface area contributed by atoms with Crippen LogP contribution in [0.4, 0.5) is 8.78 Å². The number of halogens is 3. The number of phenols is 1. The van der Waals surface area contributed by atoms with Gasteiger partial charge in [0.1, 0.15) is 5.82 Å². The van der Waals surface area contributed by atoms with Gasteiger partial charge in [-0.2, -0.15) is 0 Å². The summed E-state index contributed by atoms with van der Waals surface area (Å²) in [6, 6.07) is 0.639. The number of carboxylic acid groups (broad SMARTS) is 1. The Morgan fingerprint density at radius 3 is 2.39 bits per heavy atom. The molecule has 1 fully saturated rings. The number of carboxylic acids is 1. The first kappa shape index (κ1) is 13.1. The van der Waals surface area contributed by atoms with Gasteiger partial charge in [0.15, 0.2) is 11.6 Å². The topological polar surface area (TPSA) is 57.5 Å². The minimum absolute atomic E-state index is 0.159. The van der Waals surface area contributed by atoms with Gasteiger partial charge in [0.05, 0.1) is 16.0 Å². The first-order valence-electron chi connectivity index (χ1n) is 5.50. The number of aromatic hydroxyl groups is 1. The summed E-state index contributed by atoms with van der Waals surface area (Å²) < 4.78 is 27.4. The number of rotatable bonds is 2. The molecule has 2 N–H and O–H groups in total. The minimum Gasteiger partial charge on any atom is -0.505 e. The van der Waals surface area contributed by atoms with Gasteiger partial charge in [0.25, 0.3) is 0 Å². The lowest BCUT2D eigenvalue weighted by Crippen LogP contribution is -2.34. The van der Waals surface area contributed by atoms with Crippen molar-refractivity contribution in [3.63, 3.8) is 0 Å². The highest BCUT2D eigenvalue weighted by Crippen LogP contribution is 2.47. The summed E-state index contributed by atoms with van der Waals surface area (Å²) in [5.74, 6) is -4.39. The predicted molar refractivity (Wildman–Crippen MR) is 60.8 cm³/mol. The monoisotopic (exact) mass is 276 g/mol. The van der Waals surface area contributed by atoms with Crippen LogP contribution < -0.4 is 0 Å². The van der Waals surface area contributed by atoms with Crippen molar-refractivity contribution in [1.82, 2.24) is 0 Å². The van der Waals surface area contributed by atoms with Crippen LogP contribution in [0, 0.1) is 11.6 Å². The molecule has 0 amide bonds. The van der Waals surface area contributed by atoms with E-state index in [1.807, 2.05) is 0 Å². The largest absolute Gasteiger partial charge is 0.505 e. The number of phenolic OH excluding ortho intramolecular Hbond substituents is 1. The summed E-state index contributed by atoms with van der Waals surface area (Å²) in [6.07, 6.45) is 1.48. The Bertz CT molecular complexity index is 484. The van der Waals surface area contributed by atoms with Crippen molar-refractivity contribution in [2.75, 3.05) is 0 Å². The van der Waals surface area contributed by atoms with Crippen molar-refractivity contribution in [1.29, 1.82) is 0 Å². The lowest BCUT2D eigenvalue weighted by Gasteiger charge is -2.26. The molecule has 2 rings (SSSR count). The maximum absolute atomic E-state index is 14.0. The second-order valence-corrected chi connectivity index (χ2v) is 4.88. The molecule has 0 bridgehead atoms. The molecule has 0 aromatic heterocycles. The van der Waals surface area contributed by atoms with Crippen LogP contribution in [0.3, 0.4) is 0 Å². The SMILES string of the molecule is O=C(O)C1(c2c(O)c(F)cc(Cl)c2F)CCCC1. The summed E-state index contributed by atoms with van der Waals surface area (Å²) >= 11 is 5.52. The van der Waals surface area contributed by atoms with Crippen LogP contribution in [0.1, 0.15) is 31.2 Å². The van der Waals surface area contributed by atoms with Crippen LogP contribution in [-0.4, -0.2) is 16.2 Å². The van der Waals surface area contributed by atoms with E-state index < -0.39 is 39.4 Å². The molecule has 0 spiro atoms. The fourth-order valence-corrected chi connectivity index (χ4v) is 2.76. The molecule has 1 aromatic rings.